The zero-order chi connectivity index (χ0) is 102. The third-order valence-electron chi connectivity index (χ3n) is 21.3. The SMILES string of the molecule is CC(=N)CCCSC1CC(=O)N(C)C1=O.CC1CC(=O)N(C)C1=O.CCC(=S)Cc1ccc(NC(C)=S)cc1.CCOc1ccc(C[C@H](CC)C(=O)O)cc1.CN[C@@H](CCCCN1C(=O)CC(C)C1=O)C(=O)O.CN[C@@H](CCCCN1C(=O)CC(SCCCC(C)=N)C1=O)C(=O)O.CN[C@@H](CCCCNC(=S)Nc1ccc(CC(C)=S)cc1)C(=O)O.CN[C@@H](CCCCNC(C)=S)C(=O)O. The molecule has 0 saturated carbocycles. The number of nitrogens with zero attached hydrogens (tertiary/aromatic N) is 4. The topological polar surface area (TPSA) is 489 Å². The third kappa shape index (κ3) is 55.8. The van der Waals surface area contributed by atoms with Gasteiger partial charge in [0.25, 0.3) is 0 Å². The molecule has 9 atom stereocenters. The van der Waals surface area contributed by atoms with E-state index < -0.39 is 54.0 Å². The second-order valence-corrected chi connectivity index (χ2v) is 38.3. The molecule has 0 radical (unpaired) electrons. The van der Waals surface area contributed by atoms with Gasteiger partial charge in [0.05, 0.1) is 33.0 Å². The minimum Gasteiger partial charge on any atom is -0.494 e. The number of ether oxygens (including phenoxy) is 1. The van der Waals surface area contributed by atoms with Crippen LogP contribution in [0.1, 0.15) is 227 Å². The van der Waals surface area contributed by atoms with Crippen LogP contribution in [0.3, 0.4) is 0 Å². The van der Waals surface area contributed by atoms with Crippen LogP contribution in [0.4, 0.5) is 11.4 Å². The molecule has 15 N–H and O–H groups in total. The van der Waals surface area contributed by atoms with Gasteiger partial charge in [0.15, 0.2) is 5.11 Å². The quantitative estimate of drug-likeness (QED) is 0.0108. The maximum Gasteiger partial charge on any atom is 0.320 e. The number of carbonyl (C=O) groups excluding carboxylic acids is 8. The number of carbonyl (C=O) groups is 13. The first kappa shape index (κ1) is 126. The molecule has 3 aromatic carbocycles. The van der Waals surface area contributed by atoms with Crippen LogP contribution >= 0.6 is 84.6 Å². The van der Waals surface area contributed by atoms with Gasteiger partial charge in [-0.05, 0) is 278 Å². The summed E-state index contributed by atoms with van der Waals surface area (Å²) in [5.41, 5.74) is 6.75. The molecule has 40 heteroatoms. The highest BCUT2D eigenvalue weighted by Crippen LogP contribution is 2.29. The number of rotatable bonds is 51. The lowest BCUT2D eigenvalue weighted by Crippen LogP contribution is -2.34. The minimum atomic E-state index is -0.887. The summed E-state index contributed by atoms with van der Waals surface area (Å²) < 4.78 is 5.32. The number of benzene rings is 3. The van der Waals surface area contributed by atoms with Crippen molar-refractivity contribution < 1.29 is 92.6 Å². The number of aliphatic carboxylic acids is 5. The predicted octanol–water partition coefficient (Wildman–Crippen LogP) is 13.1. The Balaban J connectivity index is 0.00000154. The third-order valence-corrected chi connectivity index (χ3v) is 24.9. The van der Waals surface area contributed by atoms with Crippen molar-refractivity contribution in [2.24, 2.45) is 17.8 Å². The van der Waals surface area contributed by atoms with Gasteiger partial charge in [-0.1, -0.05) is 113 Å². The standard InChI is InChI=1S/C17H25N3O2S2.C16H27N3O4S.C13H18O3.C12H20N2O4.C12H15NS2.C10H16N2O2S.C9H18N2O2S.C6H9NO2/c1-12(23)11-13-6-8-14(9-7-13)20-17(24)19-10-4-3-5-15(18-2)16(21)22;1-11(17)6-5-9-24-13-10-14(20)19(15(13)21)8-4-3-7-12(18-2)16(22)23;1-3-11(13(14)15)9-10-5-7-12(8-6-10)16-4-2;1-8-7-10(15)14(11(8)16)6-4-3-5-9(13-2)12(17)18;1-3-12(15)8-10-4-6-11(7-5-10)13-9(2)14;1-7(11)4-3-5-15-8-6-9(13)12(2)10(8)14;1-7(14)11-6-4-3-5-8(10-2)9(12)13;1-4-3-5(8)7(2)6(4)9/h6-9,15,18H,3-5,10-11H2,1-2H3,(H,21,22)(H2,19,20,24);12-13,17-18H,3-10H2,1-2H3,(H,22,23);5-8,11H,3-4,9H2,1-2H3,(H,14,15);8-9,13H,3-7H2,1-2H3,(H,17,18);4-7H,3,8H2,1-2H3,(H,13,14);8,11H,3-6H2,1-2H3;8,10H,3-6H2,1-2H3,(H,11,14)(H,12,13);4H,3H2,1-2H3/t15-;12-,13?;11-;8?,9-;;;8-;/m0000..0./s1. The van der Waals surface area contributed by atoms with Crippen molar-refractivity contribution >= 4 is 209 Å². The Morgan fingerprint density at radius 2 is 0.830 bits per heavy atom. The number of thiocarbonyl (C=S) groups is 5. The molecule has 0 aliphatic carbocycles. The fourth-order valence-corrected chi connectivity index (χ4v) is 16.3. The molecule has 135 heavy (non-hydrogen) atoms. The zero-order valence-electron chi connectivity index (χ0n) is 81.3. The number of carboxylic acids is 5. The average molecular weight is 2010 g/mol. The van der Waals surface area contributed by atoms with E-state index in [0.717, 1.165) is 131 Å². The van der Waals surface area contributed by atoms with Crippen molar-refractivity contribution in [3.05, 3.63) is 89.5 Å². The summed E-state index contributed by atoms with van der Waals surface area (Å²) >= 11 is 28.4. The van der Waals surface area contributed by atoms with Crippen LogP contribution < -0.4 is 47.3 Å². The van der Waals surface area contributed by atoms with E-state index in [0.29, 0.717) is 126 Å². The van der Waals surface area contributed by atoms with E-state index in [9.17, 15) is 62.3 Å². The molecule has 4 saturated heterocycles. The predicted molar refractivity (Wildman–Crippen MR) is 557 cm³/mol. The van der Waals surface area contributed by atoms with Crippen molar-refractivity contribution in [1.29, 1.82) is 10.8 Å². The summed E-state index contributed by atoms with van der Waals surface area (Å²) in [7, 11) is 9.59. The maximum absolute atomic E-state index is 12.3. The molecular formula is C95H148N14O19S7. The number of hydrogen-bond acceptors (Lipinski definition) is 27. The Morgan fingerprint density at radius 1 is 0.452 bits per heavy atom. The molecule has 4 heterocycles. The van der Waals surface area contributed by atoms with Crippen molar-refractivity contribution in [2.45, 2.75) is 264 Å². The number of nitrogens with one attached hydrogen (secondary N) is 10. The number of anilines is 2. The van der Waals surface area contributed by atoms with Crippen LogP contribution in [0.25, 0.3) is 0 Å². The fourth-order valence-electron chi connectivity index (χ4n) is 13.2. The van der Waals surface area contributed by atoms with Gasteiger partial charge in [-0.25, -0.2) is 0 Å². The Kier molecular flexibility index (Phi) is 67.4. The van der Waals surface area contributed by atoms with Crippen molar-refractivity contribution in [1.82, 2.24) is 51.5 Å². The maximum atomic E-state index is 12.3. The molecule has 7 rings (SSSR count). The lowest BCUT2D eigenvalue weighted by molar-refractivity contribution is -0.142. The second-order valence-electron chi connectivity index (χ2n) is 32.8. The first-order valence-corrected chi connectivity index (χ1v) is 49.8. The molecule has 33 nitrogen and oxygen atoms in total. The Hall–Kier alpha value is -9.10. The Morgan fingerprint density at radius 3 is 1.17 bits per heavy atom. The molecule has 8 amide bonds. The molecule has 4 fully saturated rings. The Bertz CT molecular complexity index is 4310. The van der Waals surface area contributed by atoms with Crippen LogP contribution in [-0.4, -0.2) is 280 Å². The first-order chi connectivity index (χ1) is 63.8. The Labute approximate surface area is 833 Å². The van der Waals surface area contributed by atoms with E-state index in [1.54, 1.807) is 55.9 Å². The van der Waals surface area contributed by atoms with Gasteiger partial charge < -0.3 is 83.6 Å². The normalized spacial score (nSPS) is 16.3. The molecule has 0 aromatic heterocycles. The minimum absolute atomic E-state index is 0.0556. The number of carboxylic acid groups (broad SMARTS) is 5. The molecule has 754 valence electrons. The number of thioether (sulfide) groups is 2. The van der Waals surface area contributed by atoms with Gasteiger partial charge >= 0.3 is 29.8 Å². The monoisotopic (exact) mass is 2010 g/mol. The lowest BCUT2D eigenvalue weighted by Gasteiger charge is -2.16. The van der Waals surface area contributed by atoms with Gasteiger partial charge in [0, 0.05) is 113 Å². The van der Waals surface area contributed by atoms with E-state index in [1.807, 2.05) is 95.3 Å². The highest BCUT2D eigenvalue weighted by Gasteiger charge is 2.40. The van der Waals surface area contributed by atoms with Gasteiger partial charge in [0.1, 0.15) is 29.9 Å². The van der Waals surface area contributed by atoms with Crippen molar-refractivity contribution in [3.63, 3.8) is 0 Å². The van der Waals surface area contributed by atoms with E-state index in [4.69, 9.17) is 102 Å². The van der Waals surface area contributed by atoms with Crippen LogP contribution in [-0.2, 0) is 81.6 Å². The van der Waals surface area contributed by atoms with Crippen molar-refractivity contribution in [3.8, 4) is 5.75 Å². The molecule has 0 spiro atoms. The lowest BCUT2D eigenvalue weighted by atomic mass is 9.97. The van der Waals surface area contributed by atoms with E-state index in [-0.39, 0.29) is 81.9 Å². The molecule has 4 aliphatic heterocycles. The summed E-state index contributed by atoms with van der Waals surface area (Å²) in [6, 6.07) is 21.8. The summed E-state index contributed by atoms with van der Waals surface area (Å²) in [6.45, 7) is 21.6. The van der Waals surface area contributed by atoms with Crippen LogP contribution in [0, 0.1) is 28.6 Å². The van der Waals surface area contributed by atoms with E-state index >= 15 is 0 Å². The summed E-state index contributed by atoms with van der Waals surface area (Å²) in [4.78, 5) is 154. The molecule has 3 aromatic rings. The second kappa shape index (κ2) is 72.3. The number of imide groups is 4. The van der Waals surface area contributed by atoms with Crippen molar-refractivity contribution in [2.75, 3.05) is 97.2 Å². The highest BCUT2D eigenvalue weighted by atomic mass is 32.2. The molecule has 0 bridgehead atoms. The van der Waals surface area contributed by atoms with Crippen LogP contribution in [0.2, 0.25) is 0 Å². The summed E-state index contributed by atoms with van der Waals surface area (Å²) in [5, 5.41) is 82.4. The number of likely N-dealkylation sites (tertiary alicyclic amines) is 4. The van der Waals surface area contributed by atoms with Crippen LogP contribution in [0.15, 0.2) is 72.8 Å². The largest absolute Gasteiger partial charge is 0.494 e. The summed E-state index contributed by atoms with van der Waals surface area (Å²) in [6.07, 6.45) is 16.7. The van der Waals surface area contributed by atoms with Crippen LogP contribution in [0.5, 0.6) is 5.75 Å². The highest BCUT2D eigenvalue weighted by molar-refractivity contribution is 8.00. The molecular weight excluding hydrogens is 1870 g/mol. The van der Waals surface area contributed by atoms with Gasteiger partial charge in [-0.2, -0.15) is 0 Å². The molecule has 4 aliphatic rings. The van der Waals surface area contributed by atoms with E-state index in [2.05, 4.69) is 61.6 Å². The van der Waals surface area contributed by atoms with E-state index in [1.165, 1.54) is 68.3 Å². The zero-order valence-corrected chi connectivity index (χ0v) is 87.1. The molecule has 4 unspecified atom stereocenters. The number of hydrogen-bond donors (Lipinski definition) is 15. The van der Waals surface area contributed by atoms with Gasteiger partial charge in [-0.3, -0.25) is 81.9 Å². The smallest absolute Gasteiger partial charge is 0.320 e. The number of unbranched alkanes of at least 4 members (excludes halogenated alkanes) is 4. The summed E-state index contributed by atoms with van der Waals surface area (Å²) in [5.74, 6) is -2.99. The van der Waals surface area contributed by atoms with Gasteiger partial charge in [-0.15, -0.1) is 23.5 Å². The number of amides is 8. The van der Waals surface area contributed by atoms with Gasteiger partial charge in [0.2, 0.25) is 47.3 Å². The number of likely N-dealkylation sites (N-methyl/N-ethyl adjacent to an activating group) is 4. The average Bonchev–Trinajstić information content (AvgIpc) is 1.70. The first-order valence-electron chi connectivity index (χ1n) is 45.7. The fraction of sp³-hybridized carbons (Fsp3) is 0.600.